The Morgan fingerprint density at radius 2 is 1.93 bits per heavy atom. The molecular formula is C22H20N4O3S. The Morgan fingerprint density at radius 1 is 1.23 bits per heavy atom. The number of carboxylic acids is 1. The van der Waals surface area contributed by atoms with Crippen LogP contribution in [0.4, 0.5) is 0 Å². The van der Waals surface area contributed by atoms with Gasteiger partial charge < -0.3 is 9.84 Å². The van der Waals surface area contributed by atoms with Crippen molar-refractivity contribution < 1.29 is 14.6 Å². The summed E-state index contributed by atoms with van der Waals surface area (Å²) in [6.07, 6.45) is 1.90. The Balaban J connectivity index is 1.46. The number of nitrogens with zero attached hydrogens (tertiary/aromatic N) is 4. The summed E-state index contributed by atoms with van der Waals surface area (Å²) in [6, 6.07) is 17.4. The highest BCUT2D eigenvalue weighted by Gasteiger charge is 2.33. The monoisotopic (exact) mass is 420 g/mol. The van der Waals surface area contributed by atoms with Crippen LogP contribution in [0.2, 0.25) is 0 Å². The molecule has 1 aliphatic rings. The van der Waals surface area contributed by atoms with Gasteiger partial charge in [-0.1, -0.05) is 29.5 Å². The van der Waals surface area contributed by atoms with Crippen molar-refractivity contribution in [1.82, 2.24) is 15.0 Å². The van der Waals surface area contributed by atoms with Crippen molar-refractivity contribution in [2.45, 2.75) is 35.6 Å². The van der Waals surface area contributed by atoms with Gasteiger partial charge in [0.1, 0.15) is 10.8 Å². The number of methoxy groups -OCH3 is 1. The van der Waals surface area contributed by atoms with Crippen molar-refractivity contribution in [2.75, 3.05) is 7.11 Å². The van der Waals surface area contributed by atoms with Gasteiger partial charge in [-0.05, 0) is 54.2 Å². The summed E-state index contributed by atoms with van der Waals surface area (Å²) in [5.41, 5.74) is 2.86. The maximum atomic E-state index is 11.6. The predicted molar refractivity (Wildman–Crippen MR) is 112 cm³/mol. The van der Waals surface area contributed by atoms with E-state index in [2.05, 4.69) is 16.4 Å². The van der Waals surface area contributed by atoms with Crippen molar-refractivity contribution in [3.05, 3.63) is 70.9 Å². The van der Waals surface area contributed by atoms with Gasteiger partial charge in [0, 0.05) is 5.25 Å². The number of carboxylic acid groups (broad SMARTS) is 1. The number of benzene rings is 2. The molecule has 1 saturated carbocycles. The number of carbonyl (C=O) groups is 1. The summed E-state index contributed by atoms with van der Waals surface area (Å²) in [4.78, 5) is 11.6. The average Bonchev–Trinajstić information content (AvgIpc) is 3.13. The molecule has 8 heteroatoms. The number of nitriles is 1. The molecule has 1 N–H and O–H groups in total. The number of thioether (sulfide) groups is 1. The Morgan fingerprint density at radius 3 is 2.53 bits per heavy atom. The smallest absolute Gasteiger partial charge is 0.359 e. The Labute approximate surface area is 178 Å². The van der Waals surface area contributed by atoms with Crippen molar-refractivity contribution in [1.29, 1.82) is 5.26 Å². The summed E-state index contributed by atoms with van der Waals surface area (Å²) in [5, 5.41) is 27.3. The summed E-state index contributed by atoms with van der Waals surface area (Å²) < 4.78 is 6.84. The van der Waals surface area contributed by atoms with Crippen LogP contribution in [0.5, 0.6) is 5.75 Å². The van der Waals surface area contributed by atoms with Crippen molar-refractivity contribution in [3.63, 3.8) is 0 Å². The van der Waals surface area contributed by atoms with E-state index in [0.717, 1.165) is 24.2 Å². The fourth-order valence-corrected chi connectivity index (χ4v) is 4.92. The standard InChI is InChI=1S/C22H20N4O3S/c1-29-18-8-4-15(5-9-18)13-26-21(20(22(27)28)24-25-26)30-19-10-17(11-19)16-6-2-14(12-23)3-7-16/h2-9,17,19H,10-11,13H2,1H3,(H,27,28)/t17-,19-. The molecule has 4 rings (SSSR count). The fraction of sp³-hybridized carbons (Fsp3) is 0.273. The van der Waals surface area contributed by atoms with E-state index < -0.39 is 5.97 Å². The lowest BCUT2D eigenvalue weighted by molar-refractivity contribution is 0.0686. The third-order valence-electron chi connectivity index (χ3n) is 5.27. The van der Waals surface area contributed by atoms with Crippen LogP contribution in [0.15, 0.2) is 53.6 Å². The number of rotatable bonds is 7. The number of hydrogen-bond acceptors (Lipinski definition) is 6. The molecular weight excluding hydrogens is 400 g/mol. The predicted octanol–water partition coefficient (Wildman–Crippen LogP) is 3.94. The molecule has 0 spiro atoms. The minimum atomic E-state index is -1.07. The van der Waals surface area contributed by atoms with Gasteiger partial charge in [0.15, 0.2) is 0 Å². The Bertz CT molecular complexity index is 1080. The normalized spacial score (nSPS) is 17.7. The second-order valence-corrected chi connectivity index (χ2v) is 8.49. The second kappa shape index (κ2) is 8.59. The third-order valence-corrected chi connectivity index (χ3v) is 6.61. The Hall–Kier alpha value is -3.31. The highest BCUT2D eigenvalue weighted by atomic mass is 32.2. The molecule has 0 amide bonds. The number of hydrogen-bond donors (Lipinski definition) is 1. The molecule has 0 unspecified atom stereocenters. The van der Waals surface area contributed by atoms with Crippen LogP contribution in [0, 0.1) is 11.3 Å². The third kappa shape index (κ3) is 4.16. The molecule has 0 aliphatic heterocycles. The maximum absolute atomic E-state index is 11.6. The molecule has 1 aromatic heterocycles. The van der Waals surface area contributed by atoms with Crippen molar-refractivity contribution in [2.24, 2.45) is 0 Å². The van der Waals surface area contributed by atoms with Crippen LogP contribution in [0.3, 0.4) is 0 Å². The van der Waals surface area contributed by atoms with E-state index in [1.54, 1.807) is 11.8 Å². The molecule has 1 fully saturated rings. The first-order chi connectivity index (χ1) is 14.6. The minimum Gasteiger partial charge on any atom is -0.497 e. The topological polar surface area (TPSA) is 101 Å². The largest absolute Gasteiger partial charge is 0.497 e. The first-order valence-corrected chi connectivity index (χ1v) is 10.4. The van der Waals surface area contributed by atoms with Gasteiger partial charge in [-0.15, -0.1) is 16.9 Å². The molecule has 30 heavy (non-hydrogen) atoms. The molecule has 0 atom stereocenters. The van der Waals surface area contributed by atoms with Crippen LogP contribution in [-0.2, 0) is 6.54 Å². The molecule has 2 aromatic carbocycles. The van der Waals surface area contributed by atoms with E-state index in [-0.39, 0.29) is 5.69 Å². The lowest BCUT2D eigenvalue weighted by Crippen LogP contribution is -2.25. The first kappa shape index (κ1) is 20.0. The maximum Gasteiger partial charge on any atom is 0.359 e. The van der Waals surface area contributed by atoms with Gasteiger partial charge in [0.25, 0.3) is 0 Å². The van der Waals surface area contributed by atoms with E-state index in [0.29, 0.717) is 28.3 Å². The molecule has 1 heterocycles. The molecule has 1 aliphatic carbocycles. The lowest BCUT2D eigenvalue weighted by Gasteiger charge is -2.35. The zero-order chi connectivity index (χ0) is 21.1. The Kier molecular flexibility index (Phi) is 5.72. The zero-order valence-corrected chi connectivity index (χ0v) is 17.2. The van der Waals surface area contributed by atoms with Gasteiger partial charge in [-0.25, -0.2) is 9.48 Å². The van der Waals surface area contributed by atoms with E-state index in [1.165, 1.54) is 17.3 Å². The molecule has 0 bridgehead atoms. The second-order valence-electron chi connectivity index (χ2n) is 7.20. The zero-order valence-electron chi connectivity index (χ0n) is 16.4. The summed E-state index contributed by atoms with van der Waals surface area (Å²) in [6.45, 7) is 0.443. The molecule has 3 aromatic rings. The van der Waals surface area contributed by atoms with E-state index >= 15 is 0 Å². The van der Waals surface area contributed by atoms with Crippen LogP contribution >= 0.6 is 11.8 Å². The summed E-state index contributed by atoms with van der Waals surface area (Å²) >= 11 is 1.53. The summed E-state index contributed by atoms with van der Waals surface area (Å²) in [7, 11) is 1.62. The van der Waals surface area contributed by atoms with Crippen molar-refractivity contribution >= 4 is 17.7 Å². The average molecular weight is 420 g/mol. The highest BCUT2D eigenvalue weighted by molar-refractivity contribution is 8.00. The van der Waals surface area contributed by atoms with E-state index in [9.17, 15) is 9.90 Å². The fourth-order valence-electron chi connectivity index (χ4n) is 3.48. The molecule has 7 nitrogen and oxygen atoms in total. The van der Waals surface area contributed by atoms with Gasteiger partial charge in [-0.2, -0.15) is 5.26 Å². The van der Waals surface area contributed by atoms with Crippen LogP contribution in [0.1, 0.15) is 45.9 Å². The van der Waals surface area contributed by atoms with Gasteiger partial charge in [0.2, 0.25) is 5.69 Å². The first-order valence-electron chi connectivity index (χ1n) is 9.53. The molecule has 0 saturated heterocycles. The van der Waals surface area contributed by atoms with Gasteiger partial charge in [0.05, 0.1) is 25.3 Å². The number of aromatic carboxylic acids is 1. The quantitative estimate of drug-likeness (QED) is 0.618. The van der Waals surface area contributed by atoms with Gasteiger partial charge >= 0.3 is 5.97 Å². The van der Waals surface area contributed by atoms with E-state index in [1.807, 2.05) is 48.5 Å². The molecule has 152 valence electrons. The van der Waals surface area contributed by atoms with Crippen molar-refractivity contribution in [3.8, 4) is 11.8 Å². The lowest BCUT2D eigenvalue weighted by atomic mass is 9.79. The summed E-state index contributed by atoms with van der Waals surface area (Å²) in [5.74, 6) is 0.123. The van der Waals surface area contributed by atoms with Crippen LogP contribution in [0.25, 0.3) is 0 Å². The van der Waals surface area contributed by atoms with Crippen LogP contribution < -0.4 is 4.74 Å². The van der Waals surface area contributed by atoms with E-state index in [4.69, 9.17) is 10.00 Å². The van der Waals surface area contributed by atoms with Gasteiger partial charge in [-0.3, -0.25) is 0 Å². The number of aromatic nitrogens is 3. The SMILES string of the molecule is COc1ccc(Cn2nnc(C(=O)O)c2S[C@H]2C[C@H](c3ccc(C#N)cc3)C2)cc1. The number of ether oxygens (including phenoxy) is 1. The molecule has 0 radical (unpaired) electrons. The van der Waals surface area contributed by atoms with Crippen LogP contribution in [-0.4, -0.2) is 38.4 Å². The minimum absolute atomic E-state index is 0.00432. The highest BCUT2D eigenvalue weighted by Crippen LogP contribution is 2.46.